The van der Waals surface area contributed by atoms with Gasteiger partial charge in [-0.3, -0.25) is 4.79 Å². The van der Waals surface area contributed by atoms with Gasteiger partial charge in [0.05, 0.1) is 24.2 Å². The number of ether oxygens (including phenoxy) is 2. The third kappa shape index (κ3) is 5.19. The standard InChI is InChI=1S/C24H29NO5/c1-15(30-24(2,3)4)21(13-22(26)27)25-23(28)29-14-20-18-11-7-5-9-16(18)17-10-6-8-12-19(17)20/h5-12,15,20-21H,13-14H2,1-4H3,(H,25,28)(H,26,27). The zero-order valence-corrected chi connectivity index (χ0v) is 17.8. The van der Waals surface area contributed by atoms with E-state index in [1.54, 1.807) is 6.92 Å². The number of aliphatic carboxylic acids is 1. The molecule has 160 valence electrons. The molecule has 0 aromatic heterocycles. The lowest BCUT2D eigenvalue weighted by Crippen LogP contribution is -2.47. The third-order valence-electron chi connectivity index (χ3n) is 5.15. The number of rotatable bonds is 7. The van der Waals surface area contributed by atoms with Crippen LogP contribution in [0.25, 0.3) is 11.1 Å². The Morgan fingerprint density at radius 2 is 1.57 bits per heavy atom. The number of nitrogens with one attached hydrogen (secondary N) is 1. The lowest BCUT2D eigenvalue weighted by molar-refractivity contribution is -0.139. The first-order valence-corrected chi connectivity index (χ1v) is 10.2. The first-order chi connectivity index (χ1) is 14.2. The van der Waals surface area contributed by atoms with Crippen LogP contribution in [0.3, 0.4) is 0 Å². The number of amides is 1. The summed E-state index contributed by atoms with van der Waals surface area (Å²) < 4.78 is 11.4. The first-order valence-electron chi connectivity index (χ1n) is 10.2. The average Bonchev–Trinajstić information content (AvgIpc) is 2.98. The van der Waals surface area contributed by atoms with Crippen LogP contribution < -0.4 is 5.32 Å². The maximum Gasteiger partial charge on any atom is 0.407 e. The summed E-state index contributed by atoms with van der Waals surface area (Å²) in [5.41, 5.74) is 4.09. The van der Waals surface area contributed by atoms with Gasteiger partial charge in [-0.1, -0.05) is 48.5 Å². The summed E-state index contributed by atoms with van der Waals surface area (Å²) >= 11 is 0. The summed E-state index contributed by atoms with van der Waals surface area (Å²) in [6.45, 7) is 7.58. The summed E-state index contributed by atoms with van der Waals surface area (Å²) in [5.74, 6) is -1.06. The molecule has 0 aliphatic heterocycles. The molecule has 2 aromatic rings. The van der Waals surface area contributed by atoms with Gasteiger partial charge in [0.1, 0.15) is 6.61 Å². The van der Waals surface area contributed by atoms with Crippen molar-refractivity contribution in [2.45, 2.75) is 57.8 Å². The van der Waals surface area contributed by atoms with Gasteiger partial charge in [0, 0.05) is 5.92 Å². The fourth-order valence-electron chi connectivity index (χ4n) is 3.95. The first kappa shape index (κ1) is 21.8. The highest BCUT2D eigenvalue weighted by Gasteiger charge is 2.31. The van der Waals surface area contributed by atoms with E-state index in [1.165, 1.54) is 0 Å². The summed E-state index contributed by atoms with van der Waals surface area (Å²) in [5, 5.41) is 11.9. The molecule has 0 saturated carbocycles. The number of benzene rings is 2. The maximum absolute atomic E-state index is 12.5. The summed E-state index contributed by atoms with van der Waals surface area (Å²) in [4.78, 5) is 23.8. The van der Waals surface area contributed by atoms with Crippen LogP contribution in [0.1, 0.15) is 51.2 Å². The zero-order valence-electron chi connectivity index (χ0n) is 17.8. The summed E-state index contributed by atoms with van der Waals surface area (Å²) in [7, 11) is 0. The van der Waals surface area contributed by atoms with E-state index in [9.17, 15) is 14.7 Å². The number of hydrogen-bond acceptors (Lipinski definition) is 4. The molecule has 2 aromatic carbocycles. The van der Waals surface area contributed by atoms with E-state index in [1.807, 2.05) is 57.2 Å². The fraction of sp³-hybridized carbons (Fsp3) is 0.417. The molecule has 0 radical (unpaired) electrons. The minimum Gasteiger partial charge on any atom is -0.481 e. The lowest BCUT2D eigenvalue weighted by Gasteiger charge is -2.30. The van der Waals surface area contributed by atoms with E-state index in [2.05, 4.69) is 17.4 Å². The number of hydrogen-bond donors (Lipinski definition) is 2. The summed E-state index contributed by atoms with van der Waals surface area (Å²) in [6, 6.07) is 15.5. The van der Waals surface area contributed by atoms with Crippen molar-refractivity contribution in [2.24, 2.45) is 0 Å². The molecular formula is C24H29NO5. The minimum absolute atomic E-state index is 0.0516. The smallest absolute Gasteiger partial charge is 0.407 e. The second-order valence-electron chi connectivity index (χ2n) is 8.61. The van der Waals surface area contributed by atoms with Crippen LogP contribution in [-0.2, 0) is 14.3 Å². The Hall–Kier alpha value is -2.86. The van der Waals surface area contributed by atoms with E-state index in [0.717, 1.165) is 22.3 Å². The van der Waals surface area contributed by atoms with Crippen molar-refractivity contribution in [3.63, 3.8) is 0 Å². The van der Waals surface area contributed by atoms with Crippen molar-refractivity contribution >= 4 is 12.1 Å². The van der Waals surface area contributed by atoms with E-state index >= 15 is 0 Å². The third-order valence-corrected chi connectivity index (χ3v) is 5.15. The number of fused-ring (bicyclic) bond motifs is 3. The van der Waals surface area contributed by atoms with Gasteiger partial charge in [0.15, 0.2) is 0 Å². The molecular weight excluding hydrogens is 382 g/mol. The number of carbonyl (C=O) groups excluding carboxylic acids is 1. The van der Waals surface area contributed by atoms with Crippen molar-refractivity contribution in [1.82, 2.24) is 5.32 Å². The highest BCUT2D eigenvalue weighted by Crippen LogP contribution is 2.44. The second-order valence-corrected chi connectivity index (χ2v) is 8.61. The Morgan fingerprint density at radius 3 is 2.07 bits per heavy atom. The zero-order chi connectivity index (χ0) is 21.9. The minimum atomic E-state index is -1.01. The topological polar surface area (TPSA) is 84.9 Å². The van der Waals surface area contributed by atoms with E-state index in [-0.39, 0.29) is 18.9 Å². The number of carboxylic acid groups (broad SMARTS) is 1. The van der Waals surface area contributed by atoms with E-state index < -0.39 is 29.8 Å². The second kappa shape index (κ2) is 8.88. The molecule has 0 fully saturated rings. The molecule has 30 heavy (non-hydrogen) atoms. The SMILES string of the molecule is CC(OC(C)(C)C)C(CC(=O)O)NC(=O)OCC1c2ccccc2-c2ccccc21. The lowest BCUT2D eigenvalue weighted by atomic mass is 9.98. The number of carbonyl (C=O) groups is 2. The van der Waals surface area contributed by atoms with Crippen molar-refractivity contribution in [3.8, 4) is 11.1 Å². The van der Waals surface area contributed by atoms with Crippen LogP contribution in [0.4, 0.5) is 4.79 Å². The molecule has 6 heteroatoms. The molecule has 0 bridgehead atoms. The monoisotopic (exact) mass is 411 g/mol. The largest absolute Gasteiger partial charge is 0.481 e. The molecule has 0 saturated heterocycles. The Labute approximate surface area is 177 Å². The number of carboxylic acids is 1. The molecule has 0 heterocycles. The Bertz CT molecular complexity index is 872. The molecule has 2 atom stereocenters. The van der Waals surface area contributed by atoms with Crippen molar-refractivity contribution in [3.05, 3.63) is 59.7 Å². The van der Waals surface area contributed by atoms with Crippen molar-refractivity contribution in [1.29, 1.82) is 0 Å². The van der Waals surface area contributed by atoms with Crippen LogP contribution in [0.5, 0.6) is 0 Å². The van der Waals surface area contributed by atoms with Gasteiger partial charge in [0.25, 0.3) is 0 Å². The van der Waals surface area contributed by atoms with Crippen LogP contribution in [-0.4, -0.2) is 41.5 Å². The van der Waals surface area contributed by atoms with Gasteiger partial charge in [-0.15, -0.1) is 0 Å². The molecule has 1 amide bonds. The van der Waals surface area contributed by atoms with Crippen molar-refractivity contribution in [2.75, 3.05) is 6.61 Å². The van der Waals surface area contributed by atoms with Crippen LogP contribution in [0.2, 0.25) is 0 Å². The van der Waals surface area contributed by atoms with E-state index in [4.69, 9.17) is 9.47 Å². The van der Waals surface area contributed by atoms with Gasteiger partial charge >= 0.3 is 12.1 Å². The quantitative estimate of drug-likeness (QED) is 0.697. The van der Waals surface area contributed by atoms with Gasteiger partial charge in [-0.2, -0.15) is 0 Å². The molecule has 2 unspecified atom stereocenters. The molecule has 1 aliphatic rings. The normalized spacial score (nSPS) is 15.1. The molecule has 1 aliphatic carbocycles. The van der Waals surface area contributed by atoms with E-state index in [0.29, 0.717) is 0 Å². The Balaban J connectivity index is 1.68. The summed E-state index contributed by atoms with van der Waals surface area (Å²) in [6.07, 6.45) is -1.38. The van der Waals surface area contributed by atoms with Gasteiger partial charge in [-0.05, 0) is 49.9 Å². The Morgan fingerprint density at radius 1 is 1.03 bits per heavy atom. The molecule has 3 rings (SSSR count). The van der Waals surface area contributed by atoms with Crippen LogP contribution >= 0.6 is 0 Å². The number of alkyl carbamates (subject to hydrolysis) is 1. The van der Waals surface area contributed by atoms with Gasteiger partial charge in [0.2, 0.25) is 0 Å². The predicted octanol–water partition coefficient (Wildman–Crippen LogP) is 4.57. The van der Waals surface area contributed by atoms with Gasteiger partial charge < -0.3 is 19.9 Å². The van der Waals surface area contributed by atoms with Crippen LogP contribution in [0.15, 0.2) is 48.5 Å². The molecule has 6 nitrogen and oxygen atoms in total. The predicted molar refractivity (Wildman–Crippen MR) is 115 cm³/mol. The highest BCUT2D eigenvalue weighted by molar-refractivity contribution is 5.79. The maximum atomic E-state index is 12.5. The fourth-order valence-corrected chi connectivity index (χ4v) is 3.95. The van der Waals surface area contributed by atoms with Crippen LogP contribution in [0, 0.1) is 0 Å². The van der Waals surface area contributed by atoms with Crippen molar-refractivity contribution < 1.29 is 24.2 Å². The molecule has 0 spiro atoms. The highest BCUT2D eigenvalue weighted by atomic mass is 16.6. The van der Waals surface area contributed by atoms with Gasteiger partial charge in [-0.25, -0.2) is 4.79 Å². The Kier molecular flexibility index (Phi) is 6.46. The molecule has 2 N–H and O–H groups in total. The average molecular weight is 411 g/mol.